The molecule has 6 nitrogen and oxygen atoms in total. The van der Waals surface area contributed by atoms with Crippen LogP contribution in [0.25, 0.3) is 0 Å². The molecule has 1 aromatic carbocycles. The van der Waals surface area contributed by atoms with Gasteiger partial charge >= 0.3 is 0 Å². The summed E-state index contributed by atoms with van der Waals surface area (Å²) in [6.45, 7) is 1.56. The van der Waals surface area contributed by atoms with Crippen molar-refractivity contribution in [2.24, 2.45) is 10.7 Å². The summed E-state index contributed by atoms with van der Waals surface area (Å²) in [6.07, 6.45) is 3.01. The normalized spacial score (nSPS) is 17.2. The van der Waals surface area contributed by atoms with Crippen molar-refractivity contribution in [2.75, 3.05) is 19.6 Å². The summed E-state index contributed by atoms with van der Waals surface area (Å²) in [4.78, 5) is 19.2. The van der Waals surface area contributed by atoms with Crippen molar-refractivity contribution in [2.45, 2.75) is 12.8 Å². The number of nitrogens with zero attached hydrogens (tertiary/aromatic N) is 3. The highest BCUT2D eigenvalue weighted by molar-refractivity contribution is 6.42. The van der Waals surface area contributed by atoms with Gasteiger partial charge in [0.25, 0.3) is 5.91 Å². The van der Waals surface area contributed by atoms with Crippen LogP contribution in [0.2, 0.25) is 10.0 Å². The Hall–Kier alpha value is -2.31. The van der Waals surface area contributed by atoms with Crippen molar-refractivity contribution in [1.82, 2.24) is 10.1 Å². The van der Waals surface area contributed by atoms with Crippen LogP contribution in [-0.2, 0) is 6.42 Å². The Bertz CT molecular complexity index is 948. The second-order valence-electron chi connectivity index (χ2n) is 6.28. The van der Waals surface area contributed by atoms with Crippen molar-refractivity contribution < 1.29 is 9.32 Å². The number of hydrogen-bond acceptors (Lipinski definition) is 5. The highest BCUT2D eigenvalue weighted by atomic mass is 35.5. The van der Waals surface area contributed by atoms with Crippen molar-refractivity contribution in [1.29, 1.82) is 0 Å². The van der Waals surface area contributed by atoms with E-state index in [1.165, 1.54) is 0 Å². The summed E-state index contributed by atoms with van der Waals surface area (Å²) in [5.41, 5.74) is 10.8. The van der Waals surface area contributed by atoms with Crippen molar-refractivity contribution in [3.63, 3.8) is 0 Å². The van der Waals surface area contributed by atoms with E-state index in [1.54, 1.807) is 29.4 Å². The molecule has 2 aromatic rings. The highest BCUT2D eigenvalue weighted by Gasteiger charge is 2.29. The van der Waals surface area contributed by atoms with Gasteiger partial charge in [0, 0.05) is 48.5 Å². The molecular weight excluding hydrogens is 375 g/mol. The first kappa shape index (κ1) is 17.1. The maximum absolute atomic E-state index is 12.9. The second kappa shape index (κ2) is 6.78. The fraction of sp³-hybridized carbons (Fsp3) is 0.278. The van der Waals surface area contributed by atoms with E-state index in [9.17, 15) is 4.79 Å². The maximum Gasteiger partial charge on any atom is 0.254 e. The van der Waals surface area contributed by atoms with Gasteiger partial charge < -0.3 is 15.2 Å². The number of hydrogen-bond donors (Lipinski definition) is 1. The van der Waals surface area contributed by atoms with E-state index in [0.717, 1.165) is 34.7 Å². The molecule has 1 aromatic heterocycles. The van der Waals surface area contributed by atoms with Gasteiger partial charge in [0.2, 0.25) is 0 Å². The molecule has 0 spiro atoms. The maximum atomic E-state index is 12.9. The summed E-state index contributed by atoms with van der Waals surface area (Å²) in [5, 5.41) is 4.84. The van der Waals surface area contributed by atoms with Gasteiger partial charge in [-0.2, -0.15) is 0 Å². The molecule has 26 heavy (non-hydrogen) atoms. The largest absolute Gasteiger partial charge is 0.402 e. The monoisotopic (exact) mass is 390 g/mol. The summed E-state index contributed by atoms with van der Waals surface area (Å²) < 4.78 is 5.09. The third-order valence-corrected chi connectivity index (χ3v) is 5.38. The lowest BCUT2D eigenvalue weighted by atomic mass is 9.95. The predicted octanol–water partition coefficient (Wildman–Crippen LogP) is 3.09. The van der Waals surface area contributed by atoms with Crippen LogP contribution in [0.4, 0.5) is 0 Å². The van der Waals surface area contributed by atoms with E-state index in [0.29, 0.717) is 41.7 Å². The molecule has 0 radical (unpaired) electrons. The lowest BCUT2D eigenvalue weighted by molar-refractivity contribution is 0.0766. The summed E-state index contributed by atoms with van der Waals surface area (Å²) >= 11 is 12.0. The number of aliphatic imine (C=N–C) groups is 1. The minimum absolute atomic E-state index is 0.120. The molecular formula is C18H16Cl2N4O2. The van der Waals surface area contributed by atoms with E-state index in [1.807, 2.05) is 0 Å². The number of halogens is 2. The smallest absolute Gasteiger partial charge is 0.254 e. The predicted molar refractivity (Wildman–Crippen MR) is 99.8 cm³/mol. The average molecular weight is 391 g/mol. The molecule has 3 heterocycles. The fourth-order valence-corrected chi connectivity index (χ4v) is 3.52. The molecule has 0 aliphatic carbocycles. The van der Waals surface area contributed by atoms with Crippen LogP contribution in [0.5, 0.6) is 0 Å². The molecule has 1 amide bonds. The van der Waals surface area contributed by atoms with Gasteiger partial charge in [-0.3, -0.25) is 9.79 Å². The van der Waals surface area contributed by atoms with Gasteiger partial charge in [0.1, 0.15) is 12.0 Å². The zero-order valence-electron chi connectivity index (χ0n) is 13.8. The van der Waals surface area contributed by atoms with Crippen LogP contribution in [0.1, 0.15) is 28.0 Å². The molecule has 134 valence electrons. The first-order valence-corrected chi connectivity index (χ1v) is 9.00. The van der Waals surface area contributed by atoms with Gasteiger partial charge in [0.15, 0.2) is 0 Å². The molecule has 0 atom stereocenters. The third kappa shape index (κ3) is 2.99. The molecule has 0 saturated heterocycles. The Morgan fingerprint density at radius 2 is 2.08 bits per heavy atom. The number of carbonyl (C=O) groups excluding carboxylic acids is 1. The Labute approximate surface area is 160 Å². The van der Waals surface area contributed by atoms with Crippen LogP contribution in [-0.4, -0.2) is 41.3 Å². The number of aromatic nitrogens is 1. The molecule has 2 aliphatic rings. The fourth-order valence-electron chi connectivity index (χ4n) is 3.22. The topological polar surface area (TPSA) is 84.7 Å². The van der Waals surface area contributed by atoms with Crippen LogP contribution < -0.4 is 5.73 Å². The van der Waals surface area contributed by atoms with E-state index in [2.05, 4.69) is 10.1 Å². The highest BCUT2D eigenvalue weighted by Crippen LogP contribution is 2.27. The van der Waals surface area contributed by atoms with Crippen LogP contribution in [0.3, 0.4) is 0 Å². The van der Waals surface area contributed by atoms with Gasteiger partial charge in [-0.05, 0) is 24.6 Å². The number of carbonyl (C=O) groups is 1. The van der Waals surface area contributed by atoms with Crippen LogP contribution in [0, 0.1) is 0 Å². The average Bonchev–Trinajstić information content (AvgIpc) is 3.13. The van der Waals surface area contributed by atoms with Gasteiger partial charge in [-0.1, -0.05) is 28.4 Å². The lowest BCUT2D eigenvalue weighted by Gasteiger charge is -2.30. The summed E-state index contributed by atoms with van der Waals surface area (Å²) in [5.74, 6) is -0.120. The molecule has 2 N–H and O–H groups in total. The minimum Gasteiger partial charge on any atom is -0.402 e. The summed E-state index contributed by atoms with van der Waals surface area (Å²) in [7, 11) is 0. The number of benzene rings is 1. The SMILES string of the molecule is NC1=C(C2=NCCc3conc32)CN(C(=O)c2ccc(Cl)c(Cl)c2)CC1. The molecule has 4 rings (SSSR count). The Morgan fingerprint density at radius 1 is 1.23 bits per heavy atom. The van der Waals surface area contributed by atoms with Crippen molar-refractivity contribution in [3.05, 3.63) is 62.6 Å². The standard InChI is InChI=1S/C18H16Cl2N4O2/c19-13-2-1-10(7-14(13)20)18(25)24-6-4-15(21)12(8-24)17-16-11(3-5-22-17)9-26-23-16/h1-2,7,9H,3-6,8,21H2. The van der Waals surface area contributed by atoms with E-state index in [4.69, 9.17) is 33.5 Å². The minimum atomic E-state index is -0.120. The quantitative estimate of drug-likeness (QED) is 0.853. The molecule has 2 aliphatic heterocycles. The van der Waals surface area contributed by atoms with E-state index >= 15 is 0 Å². The van der Waals surface area contributed by atoms with E-state index < -0.39 is 0 Å². The van der Waals surface area contributed by atoms with Crippen molar-refractivity contribution in [3.8, 4) is 0 Å². The molecule has 0 unspecified atom stereocenters. The number of nitrogens with two attached hydrogens (primary N) is 1. The Kier molecular flexibility index (Phi) is 4.46. The third-order valence-electron chi connectivity index (χ3n) is 4.65. The van der Waals surface area contributed by atoms with Crippen LogP contribution >= 0.6 is 23.2 Å². The van der Waals surface area contributed by atoms with Gasteiger partial charge in [-0.15, -0.1) is 0 Å². The number of rotatable bonds is 2. The number of fused-ring (bicyclic) bond motifs is 1. The number of amides is 1. The Morgan fingerprint density at radius 3 is 2.88 bits per heavy atom. The van der Waals surface area contributed by atoms with Crippen LogP contribution in [0.15, 0.2) is 45.2 Å². The zero-order chi connectivity index (χ0) is 18.3. The van der Waals surface area contributed by atoms with Crippen molar-refractivity contribution >= 4 is 34.8 Å². The van der Waals surface area contributed by atoms with E-state index in [-0.39, 0.29) is 5.91 Å². The Balaban J connectivity index is 1.62. The molecule has 8 heteroatoms. The van der Waals surface area contributed by atoms with Gasteiger partial charge in [-0.25, -0.2) is 0 Å². The van der Waals surface area contributed by atoms with Gasteiger partial charge in [0.05, 0.1) is 15.8 Å². The first-order valence-electron chi connectivity index (χ1n) is 8.25. The second-order valence-corrected chi connectivity index (χ2v) is 7.09. The molecule has 0 fully saturated rings. The lowest BCUT2D eigenvalue weighted by Crippen LogP contribution is -2.40. The molecule has 0 bridgehead atoms. The zero-order valence-corrected chi connectivity index (χ0v) is 15.3. The summed E-state index contributed by atoms with van der Waals surface area (Å²) in [6, 6.07) is 4.88. The molecule has 0 saturated carbocycles. The first-order chi connectivity index (χ1) is 12.5.